The largest absolute Gasteiger partial charge is 0.369 e. The van der Waals surface area contributed by atoms with Gasteiger partial charge in [-0.2, -0.15) is 23.5 Å². The average Bonchev–Trinajstić information content (AvgIpc) is 2.37. The van der Waals surface area contributed by atoms with Gasteiger partial charge in [-0.05, 0) is 6.42 Å². The quantitative estimate of drug-likeness (QED) is 0.845. The summed E-state index contributed by atoms with van der Waals surface area (Å²) in [7, 11) is 0. The van der Waals surface area contributed by atoms with E-state index in [1.165, 1.54) is 17.3 Å². The topological polar surface area (TPSA) is 37.8 Å². The molecule has 2 heterocycles. The molecule has 100 valence electrons. The summed E-state index contributed by atoms with van der Waals surface area (Å²) < 4.78 is 0. The Balaban J connectivity index is 1.91. The van der Waals surface area contributed by atoms with E-state index < -0.39 is 0 Å². The lowest BCUT2D eigenvalue weighted by Crippen LogP contribution is -2.23. The lowest BCUT2D eigenvalue weighted by atomic mass is 10.3. The molecule has 1 fully saturated rings. The molecule has 6 heteroatoms. The summed E-state index contributed by atoms with van der Waals surface area (Å²) in [5.41, 5.74) is 0. The summed E-state index contributed by atoms with van der Waals surface area (Å²) >= 11 is 10.1. The minimum Gasteiger partial charge on any atom is -0.369 e. The third-order valence-electron chi connectivity index (χ3n) is 2.61. The molecule has 0 spiro atoms. The van der Waals surface area contributed by atoms with Crippen LogP contribution in [0, 0.1) is 0 Å². The van der Waals surface area contributed by atoms with Gasteiger partial charge in [-0.1, -0.05) is 18.5 Å². The Labute approximate surface area is 122 Å². The number of halogens is 1. The molecule has 2 rings (SSSR count). The first-order valence-corrected chi connectivity index (χ1v) is 8.82. The van der Waals surface area contributed by atoms with Crippen LogP contribution in [0.15, 0.2) is 6.07 Å². The van der Waals surface area contributed by atoms with Gasteiger partial charge in [0.05, 0.1) is 0 Å². The number of anilines is 1. The van der Waals surface area contributed by atoms with E-state index in [0.717, 1.165) is 31.0 Å². The standard InChI is InChI=1S/C12H18ClN3S2/c1-2-3-11-15-10(13)6-12(16-11)14-7-9-8-17-4-5-18-9/h6,9H,2-5,7-8H2,1H3,(H,14,15,16). The number of nitrogens with one attached hydrogen (secondary N) is 1. The van der Waals surface area contributed by atoms with Crippen LogP contribution in [0.2, 0.25) is 5.15 Å². The molecule has 0 aromatic carbocycles. The maximum atomic E-state index is 6.01. The number of rotatable bonds is 5. The van der Waals surface area contributed by atoms with Crippen molar-refractivity contribution in [2.24, 2.45) is 0 Å². The van der Waals surface area contributed by atoms with Crippen LogP contribution in [-0.2, 0) is 6.42 Å². The lowest BCUT2D eigenvalue weighted by molar-refractivity contribution is 0.833. The third-order valence-corrected chi connectivity index (χ3v) is 5.65. The monoisotopic (exact) mass is 303 g/mol. The molecule has 0 radical (unpaired) electrons. The predicted octanol–water partition coefficient (Wildman–Crippen LogP) is 3.34. The number of hydrogen-bond donors (Lipinski definition) is 1. The number of aryl methyl sites for hydroxylation is 1. The summed E-state index contributed by atoms with van der Waals surface area (Å²) in [5, 5.41) is 4.59. The Kier molecular flexibility index (Phi) is 5.92. The van der Waals surface area contributed by atoms with E-state index in [2.05, 4.69) is 22.2 Å². The molecule has 1 aliphatic heterocycles. The third kappa shape index (κ3) is 4.52. The van der Waals surface area contributed by atoms with E-state index in [0.29, 0.717) is 10.4 Å². The fraction of sp³-hybridized carbons (Fsp3) is 0.667. The van der Waals surface area contributed by atoms with Crippen LogP contribution >= 0.6 is 35.1 Å². The molecule has 0 aliphatic carbocycles. The van der Waals surface area contributed by atoms with Crippen molar-refractivity contribution in [2.45, 2.75) is 25.0 Å². The van der Waals surface area contributed by atoms with Gasteiger partial charge in [-0.25, -0.2) is 9.97 Å². The molecular weight excluding hydrogens is 286 g/mol. The van der Waals surface area contributed by atoms with Crippen molar-refractivity contribution in [3.63, 3.8) is 0 Å². The number of nitrogens with zero attached hydrogens (tertiary/aromatic N) is 2. The zero-order chi connectivity index (χ0) is 12.8. The van der Waals surface area contributed by atoms with Gasteiger partial charge in [0.25, 0.3) is 0 Å². The van der Waals surface area contributed by atoms with Crippen LogP contribution in [0.5, 0.6) is 0 Å². The van der Waals surface area contributed by atoms with Crippen molar-refractivity contribution in [3.8, 4) is 0 Å². The summed E-state index contributed by atoms with van der Waals surface area (Å²) in [6, 6.07) is 1.81. The van der Waals surface area contributed by atoms with Crippen LogP contribution in [0.3, 0.4) is 0 Å². The Bertz CT molecular complexity index is 384. The minimum absolute atomic E-state index is 0.529. The number of thioether (sulfide) groups is 2. The van der Waals surface area contributed by atoms with Crippen molar-refractivity contribution in [3.05, 3.63) is 17.0 Å². The van der Waals surface area contributed by atoms with E-state index in [9.17, 15) is 0 Å². The van der Waals surface area contributed by atoms with Gasteiger partial charge in [0.2, 0.25) is 0 Å². The average molecular weight is 304 g/mol. The van der Waals surface area contributed by atoms with Crippen LogP contribution in [0.1, 0.15) is 19.2 Å². The molecule has 1 aromatic heterocycles. The maximum Gasteiger partial charge on any atom is 0.134 e. The van der Waals surface area contributed by atoms with E-state index in [1.54, 1.807) is 6.07 Å². The smallest absolute Gasteiger partial charge is 0.134 e. The van der Waals surface area contributed by atoms with Crippen molar-refractivity contribution < 1.29 is 0 Å². The highest BCUT2D eigenvalue weighted by Crippen LogP contribution is 2.24. The van der Waals surface area contributed by atoms with Gasteiger partial charge in [-0.3, -0.25) is 0 Å². The number of aromatic nitrogens is 2. The molecule has 1 saturated heterocycles. The van der Waals surface area contributed by atoms with E-state index in [1.807, 2.05) is 23.5 Å². The molecule has 1 aromatic rings. The SMILES string of the molecule is CCCc1nc(Cl)cc(NCC2CSCCS2)n1. The Morgan fingerprint density at radius 1 is 1.44 bits per heavy atom. The van der Waals surface area contributed by atoms with Crippen molar-refractivity contribution in [2.75, 3.05) is 29.1 Å². The second kappa shape index (κ2) is 7.46. The van der Waals surface area contributed by atoms with Crippen molar-refractivity contribution >= 4 is 40.9 Å². The normalized spacial score (nSPS) is 19.8. The number of hydrogen-bond acceptors (Lipinski definition) is 5. The Hall–Kier alpha value is -0.130. The highest BCUT2D eigenvalue weighted by atomic mass is 35.5. The van der Waals surface area contributed by atoms with Gasteiger partial charge < -0.3 is 5.32 Å². The minimum atomic E-state index is 0.529. The first kappa shape index (κ1) is 14.3. The zero-order valence-corrected chi connectivity index (χ0v) is 12.9. The molecule has 0 saturated carbocycles. The molecule has 1 unspecified atom stereocenters. The van der Waals surface area contributed by atoms with E-state index in [-0.39, 0.29) is 0 Å². The molecule has 0 bridgehead atoms. The van der Waals surface area contributed by atoms with Crippen LogP contribution in [0.4, 0.5) is 5.82 Å². The molecule has 1 N–H and O–H groups in total. The second-order valence-electron chi connectivity index (χ2n) is 4.19. The predicted molar refractivity (Wildman–Crippen MR) is 83.1 cm³/mol. The summed E-state index contributed by atoms with van der Waals surface area (Å²) in [5.74, 6) is 5.44. The molecule has 3 nitrogen and oxygen atoms in total. The Morgan fingerprint density at radius 3 is 3.06 bits per heavy atom. The van der Waals surface area contributed by atoms with Crippen molar-refractivity contribution in [1.82, 2.24) is 9.97 Å². The van der Waals surface area contributed by atoms with Gasteiger partial charge in [-0.15, -0.1) is 0 Å². The van der Waals surface area contributed by atoms with Crippen LogP contribution < -0.4 is 5.32 Å². The van der Waals surface area contributed by atoms with E-state index in [4.69, 9.17) is 11.6 Å². The fourth-order valence-electron chi connectivity index (χ4n) is 1.76. The van der Waals surface area contributed by atoms with Crippen molar-refractivity contribution in [1.29, 1.82) is 0 Å². The zero-order valence-electron chi connectivity index (χ0n) is 10.5. The second-order valence-corrected chi connectivity index (χ2v) is 7.14. The van der Waals surface area contributed by atoms with Crippen LogP contribution in [0.25, 0.3) is 0 Å². The molecule has 1 aliphatic rings. The highest BCUT2D eigenvalue weighted by Gasteiger charge is 2.14. The lowest BCUT2D eigenvalue weighted by Gasteiger charge is -2.21. The highest BCUT2D eigenvalue weighted by molar-refractivity contribution is 8.06. The Morgan fingerprint density at radius 2 is 2.33 bits per heavy atom. The van der Waals surface area contributed by atoms with Gasteiger partial charge in [0.1, 0.15) is 16.8 Å². The molecule has 18 heavy (non-hydrogen) atoms. The van der Waals surface area contributed by atoms with Gasteiger partial charge >= 0.3 is 0 Å². The molecular formula is C12H18ClN3S2. The van der Waals surface area contributed by atoms with Gasteiger partial charge in [0, 0.05) is 41.5 Å². The summed E-state index contributed by atoms with van der Waals surface area (Å²) in [6.07, 6.45) is 1.91. The van der Waals surface area contributed by atoms with E-state index >= 15 is 0 Å². The first-order chi connectivity index (χ1) is 8.78. The maximum absolute atomic E-state index is 6.01. The summed E-state index contributed by atoms with van der Waals surface area (Å²) in [4.78, 5) is 8.71. The van der Waals surface area contributed by atoms with Crippen LogP contribution in [-0.4, -0.2) is 39.0 Å². The van der Waals surface area contributed by atoms with Gasteiger partial charge in [0.15, 0.2) is 0 Å². The first-order valence-electron chi connectivity index (χ1n) is 6.24. The molecule has 1 atom stereocenters. The fourth-order valence-corrected chi connectivity index (χ4v) is 4.58. The summed E-state index contributed by atoms with van der Waals surface area (Å²) in [6.45, 7) is 3.07. The molecule has 0 amide bonds.